The topological polar surface area (TPSA) is 68.8 Å². The number of benzene rings is 1. The summed E-state index contributed by atoms with van der Waals surface area (Å²) in [6, 6.07) is 10.3. The van der Waals surface area contributed by atoms with Gasteiger partial charge in [-0.05, 0) is 30.2 Å². The van der Waals surface area contributed by atoms with Crippen LogP contribution in [0.25, 0.3) is 10.9 Å². The van der Waals surface area contributed by atoms with E-state index in [0.29, 0.717) is 0 Å². The number of aromatic nitrogens is 3. The van der Waals surface area contributed by atoms with Gasteiger partial charge in [0.2, 0.25) is 0 Å². The van der Waals surface area contributed by atoms with Crippen molar-refractivity contribution in [2.45, 2.75) is 19.4 Å². The standard InChI is InChI=1S/C16H19N5/c1-11-10-18-8-7-12(11)14(19-17)9-15-13-5-3-4-6-16(13)21(2)20-15/h3-8,10,14,19H,9,17H2,1-2H3. The predicted octanol–water partition coefficient (Wildman–Crippen LogP) is 2.02. The predicted molar refractivity (Wildman–Crippen MR) is 83.5 cm³/mol. The Kier molecular flexibility index (Phi) is 3.68. The van der Waals surface area contributed by atoms with E-state index in [9.17, 15) is 0 Å². The van der Waals surface area contributed by atoms with Crippen LogP contribution in [0.3, 0.4) is 0 Å². The van der Waals surface area contributed by atoms with Crippen molar-refractivity contribution in [3.05, 3.63) is 59.5 Å². The first-order valence-corrected chi connectivity index (χ1v) is 6.98. The van der Waals surface area contributed by atoms with Gasteiger partial charge in [0, 0.05) is 31.2 Å². The number of para-hydroxylation sites is 1. The molecule has 1 unspecified atom stereocenters. The molecular formula is C16H19N5. The van der Waals surface area contributed by atoms with E-state index < -0.39 is 0 Å². The van der Waals surface area contributed by atoms with Gasteiger partial charge in [-0.25, -0.2) is 0 Å². The van der Waals surface area contributed by atoms with E-state index >= 15 is 0 Å². The van der Waals surface area contributed by atoms with Gasteiger partial charge < -0.3 is 0 Å². The molecule has 0 bridgehead atoms. The van der Waals surface area contributed by atoms with Crippen LogP contribution in [0.15, 0.2) is 42.7 Å². The first-order valence-electron chi connectivity index (χ1n) is 6.98. The summed E-state index contributed by atoms with van der Waals surface area (Å²) in [5.41, 5.74) is 7.37. The van der Waals surface area contributed by atoms with Gasteiger partial charge in [-0.15, -0.1) is 0 Å². The molecule has 3 aromatic rings. The van der Waals surface area contributed by atoms with Crippen LogP contribution in [0, 0.1) is 6.92 Å². The lowest BCUT2D eigenvalue weighted by Crippen LogP contribution is -2.30. The van der Waals surface area contributed by atoms with Crippen LogP contribution in [0.4, 0.5) is 0 Å². The van der Waals surface area contributed by atoms with Crippen molar-refractivity contribution < 1.29 is 0 Å². The summed E-state index contributed by atoms with van der Waals surface area (Å²) in [6.45, 7) is 2.04. The summed E-state index contributed by atoms with van der Waals surface area (Å²) in [5, 5.41) is 5.81. The average molecular weight is 281 g/mol. The maximum atomic E-state index is 5.77. The largest absolute Gasteiger partial charge is 0.271 e. The number of hydrazine groups is 1. The molecule has 108 valence electrons. The second-order valence-electron chi connectivity index (χ2n) is 5.24. The van der Waals surface area contributed by atoms with Gasteiger partial charge in [0.1, 0.15) is 0 Å². The summed E-state index contributed by atoms with van der Waals surface area (Å²) < 4.78 is 1.91. The maximum Gasteiger partial charge on any atom is 0.0722 e. The van der Waals surface area contributed by atoms with Crippen molar-refractivity contribution >= 4 is 10.9 Å². The van der Waals surface area contributed by atoms with Crippen LogP contribution in [0.1, 0.15) is 22.9 Å². The Morgan fingerprint density at radius 1 is 1.29 bits per heavy atom. The maximum absolute atomic E-state index is 5.77. The average Bonchev–Trinajstić information content (AvgIpc) is 2.82. The van der Waals surface area contributed by atoms with Crippen LogP contribution >= 0.6 is 0 Å². The Hall–Kier alpha value is -2.24. The quantitative estimate of drug-likeness (QED) is 0.567. The lowest BCUT2D eigenvalue weighted by Gasteiger charge is -2.17. The molecule has 0 fully saturated rings. The number of nitrogens with one attached hydrogen (secondary N) is 1. The highest BCUT2D eigenvalue weighted by Crippen LogP contribution is 2.24. The smallest absolute Gasteiger partial charge is 0.0722 e. The second kappa shape index (κ2) is 5.63. The fourth-order valence-electron chi connectivity index (χ4n) is 2.77. The Morgan fingerprint density at radius 2 is 2.10 bits per heavy atom. The summed E-state index contributed by atoms with van der Waals surface area (Å²) >= 11 is 0. The van der Waals surface area contributed by atoms with E-state index in [1.54, 1.807) is 6.20 Å². The molecule has 0 radical (unpaired) electrons. The van der Waals surface area contributed by atoms with Gasteiger partial charge in [0.05, 0.1) is 17.3 Å². The zero-order valence-corrected chi connectivity index (χ0v) is 12.2. The molecule has 3 N–H and O–H groups in total. The molecule has 0 amide bonds. The lowest BCUT2D eigenvalue weighted by atomic mass is 9.98. The zero-order valence-electron chi connectivity index (χ0n) is 12.2. The minimum absolute atomic E-state index is 0.0197. The highest BCUT2D eigenvalue weighted by Gasteiger charge is 2.17. The minimum atomic E-state index is 0.0197. The van der Waals surface area contributed by atoms with Crippen molar-refractivity contribution in [2.24, 2.45) is 12.9 Å². The molecule has 3 rings (SSSR count). The molecule has 5 nitrogen and oxygen atoms in total. The van der Waals surface area contributed by atoms with Crippen molar-refractivity contribution in [1.29, 1.82) is 0 Å². The van der Waals surface area contributed by atoms with E-state index in [0.717, 1.165) is 28.8 Å². The van der Waals surface area contributed by atoms with Crippen LogP contribution in [0.5, 0.6) is 0 Å². The second-order valence-corrected chi connectivity index (χ2v) is 5.24. The minimum Gasteiger partial charge on any atom is -0.271 e. The van der Waals surface area contributed by atoms with E-state index in [4.69, 9.17) is 5.84 Å². The monoisotopic (exact) mass is 281 g/mol. The van der Waals surface area contributed by atoms with Gasteiger partial charge in [0.25, 0.3) is 0 Å². The van der Waals surface area contributed by atoms with Gasteiger partial charge in [-0.1, -0.05) is 18.2 Å². The summed E-state index contributed by atoms with van der Waals surface area (Å²) in [4.78, 5) is 4.13. The highest BCUT2D eigenvalue weighted by atomic mass is 15.3. The molecule has 0 aliphatic carbocycles. The molecule has 2 heterocycles. The third-order valence-electron chi connectivity index (χ3n) is 3.87. The van der Waals surface area contributed by atoms with Gasteiger partial charge in [-0.2, -0.15) is 5.10 Å². The van der Waals surface area contributed by atoms with Crippen molar-refractivity contribution in [1.82, 2.24) is 20.2 Å². The third-order valence-corrected chi connectivity index (χ3v) is 3.87. The van der Waals surface area contributed by atoms with Crippen molar-refractivity contribution in [3.8, 4) is 0 Å². The summed E-state index contributed by atoms with van der Waals surface area (Å²) in [7, 11) is 1.97. The van der Waals surface area contributed by atoms with Crippen LogP contribution in [-0.4, -0.2) is 14.8 Å². The summed E-state index contributed by atoms with van der Waals surface area (Å²) in [5.74, 6) is 5.77. The lowest BCUT2D eigenvalue weighted by molar-refractivity contribution is 0.540. The molecule has 1 aromatic carbocycles. The number of rotatable bonds is 4. The summed E-state index contributed by atoms with van der Waals surface area (Å²) in [6.07, 6.45) is 4.39. The van der Waals surface area contributed by atoms with Crippen molar-refractivity contribution in [2.75, 3.05) is 0 Å². The zero-order chi connectivity index (χ0) is 14.8. The normalized spacial score (nSPS) is 12.7. The Morgan fingerprint density at radius 3 is 2.86 bits per heavy atom. The van der Waals surface area contributed by atoms with E-state index in [1.165, 1.54) is 5.39 Å². The van der Waals surface area contributed by atoms with E-state index in [2.05, 4.69) is 27.6 Å². The molecule has 1 atom stereocenters. The Labute approximate surface area is 123 Å². The van der Waals surface area contributed by atoms with Gasteiger partial charge in [0.15, 0.2) is 0 Å². The van der Waals surface area contributed by atoms with E-state index in [1.807, 2.05) is 43.0 Å². The molecular weight excluding hydrogens is 262 g/mol. The first-order chi connectivity index (χ1) is 10.2. The third kappa shape index (κ3) is 2.53. The number of nitrogens with two attached hydrogens (primary N) is 1. The van der Waals surface area contributed by atoms with Crippen LogP contribution < -0.4 is 11.3 Å². The molecule has 21 heavy (non-hydrogen) atoms. The number of nitrogens with zero attached hydrogens (tertiary/aromatic N) is 3. The molecule has 0 spiro atoms. The molecule has 0 saturated carbocycles. The number of pyridine rings is 1. The Bertz CT molecular complexity index is 762. The molecule has 0 saturated heterocycles. The van der Waals surface area contributed by atoms with Gasteiger partial charge in [-0.3, -0.25) is 20.9 Å². The SMILES string of the molecule is Cc1cnccc1C(Cc1nn(C)c2ccccc12)NN. The van der Waals surface area contributed by atoms with E-state index in [-0.39, 0.29) is 6.04 Å². The number of fused-ring (bicyclic) bond motifs is 1. The van der Waals surface area contributed by atoms with Gasteiger partial charge >= 0.3 is 0 Å². The first kappa shape index (κ1) is 13.7. The number of hydrogen-bond acceptors (Lipinski definition) is 4. The van der Waals surface area contributed by atoms with Crippen molar-refractivity contribution in [3.63, 3.8) is 0 Å². The number of aryl methyl sites for hydroxylation is 2. The number of hydrogen-bond donors (Lipinski definition) is 2. The molecule has 5 heteroatoms. The fourth-order valence-corrected chi connectivity index (χ4v) is 2.77. The Balaban J connectivity index is 1.99. The highest BCUT2D eigenvalue weighted by molar-refractivity contribution is 5.81. The van der Waals surface area contributed by atoms with Crippen LogP contribution in [-0.2, 0) is 13.5 Å². The molecule has 2 aromatic heterocycles. The fraction of sp³-hybridized carbons (Fsp3) is 0.250. The molecule has 0 aliphatic rings. The molecule has 0 aliphatic heterocycles. The van der Waals surface area contributed by atoms with Crippen LogP contribution in [0.2, 0.25) is 0 Å².